The fourth-order valence-electron chi connectivity index (χ4n) is 1.90. The van der Waals surface area contributed by atoms with Crippen molar-refractivity contribution >= 4 is 11.6 Å². The minimum atomic E-state index is -0.938. The largest absolute Gasteiger partial charge is 0.394 e. The minimum Gasteiger partial charge on any atom is -0.394 e. The molecular weight excluding hydrogens is 276 g/mol. The zero-order valence-electron chi connectivity index (χ0n) is 11.5. The van der Waals surface area contributed by atoms with Crippen molar-refractivity contribution in [2.75, 3.05) is 12.3 Å². The summed E-state index contributed by atoms with van der Waals surface area (Å²) >= 11 is 0. The molecular formula is C15H15F2N3O. The molecule has 6 heteroatoms. The number of hydrogen-bond donors (Lipinski definition) is 1. The van der Waals surface area contributed by atoms with E-state index < -0.39 is 23.2 Å². The van der Waals surface area contributed by atoms with E-state index in [-0.39, 0.29) is 12.1 Å². The summed E-state index contributed by atoms with van der Waals surface area (Å²) in [6, 6.07) is 7.25. The Hall–Kier alpha value is -2.50. The lowest BCUT2D eigenvalue weighted by atomic mass is 10.1. The molecule has 0 spiro atoms. The second-order valence-corrected chi connectivity index (χ2v) is 4.49. The number of pyridine rings is 1. The summed E-state index contributed by atoms with van der Waals surface area (Å²) in [5.41, 5.74) is 5.24. The topological polar surface area (TPSA) is 59.2 Å². The predicted molar refractivity (Wildman–Crippen MR) is 75.4 cm³/mol. The van der Waals surface area contributed by atoms with Gasteiger partial charge in [-0.05, 0) is 31.2 Å². The molecule has 2 rings (SSSR count). The van der Waals surface area contributed by atoms with Crippen molar-refractivity contribution in [1.29, 1.82) is 0 Å². The standard InChI is InChI=1S/C15H15F2N3O/c1-2-20(9-11-5-3-4-6-19-11)15(21)10-7-12(16)14(18)13(17)8-10/h3-8H,2,9,18H2,1H3. The quantitative estimate of drug-likeness (QED) is 0.881. The molecule has 0 unspecified atom stereocenters. The normalized spacial score (nSPS) is 10.4. The number of nitrogens with zero attached hydrogens (tertiary/aromatic N) is 2. The molecule has 1 aromatic carbocycles. The molecule has 0 aliphatic rings. The Bertz CT molecular complexity index is 624. The van der Waals surface area contributed by atoms with Crippen LogP contribution < -0.4 is 5.73 Å². The smallest absolute Gasteiger partial charge is 0.254 e. The van der Waals surface area contributed by atoms with Crippen LogP contribution in [0.15, 0.2) is 36.5 Å². The minimum absolute atomic E-state index is 0.0722. The van der Waals surface area contributed by atoms with Gasteiger partial charge in [-0.2, -0.15) is 0 Å². The van der Waals surface area contributed by atoms with Crippen LogP contribution >= 0.6 is 0 Å². The summed E-state index contributed by atoms with van der Waals surface area (Å²) in [4.78, 5) is 17.9. The highest BCUT2D eigenvalue weighted by Crippen LogP contribution is 2.19. The third kappa shape index (κ3) is 3.34. The molecule has 1 amide bonds. The van der Waals surface area contributed by atoms with E-state index in [4.69, 9.17) is 5.73 Å². The number of amides is 1. The van der Waals surface area contributed by atoms with E-state index >= 15 is 0 Å². The summed E-state index contributed by atoms with van der Waals surface area (Å²) in [7, 11) is 0. The third-order valence-electron chi connectivity index (χ3n) is 3.07. The van der Waals surface area contributed by atoms with E-state index in [1.165, 1.54) is 4.90 Å². The van der Waals surface area contributed by atoms with Crippen LogP contribution in [-0.4, -0.2) is 22.3 Å². The molecule has 0 saturated heterocycles. The number of rotatable bonds is 4. The van der Waals surface area contributed by atoms with Gasteiger partial charge in [0, 0.05) is 18.3 Å². The second kappa shape index (κ2) is 6.30. The van der Waals surface area contributed by atoms with Crippen molar-refractivity contribution in [3.8, 4) is 0 Å². The van der Waals surface area contributed by atoms with Gasteiger partial charge in [-0.3, -0.25) is 9.78 Å². The number of anilines is 1. The van der Waals surface area contributed by atoms with Gasteiger partial charge in [-0.1, -0.05) is 6.07 Å². The molecule has 1 aromatic heterocycles. The lowest BCUT2D eigenvalue weighted by Crippen LogP contribution is -2.30. The summed E-state index contributed by atoms with van der Waals surface area (Å²) in [5, 5.41) is 0. The third-order valence-corrected chi connectivity index (χ3v) is 3.07. The van der Waals surface area contributed by atoms with Gasteiger partial charge in [0.05, 0.1) is 12.2 Å². The Kier molecular flexibility index (Phi) is 4.47. The van der Waals surface area contributed by atoms with Crippen molar-refractivity contribution in [2.45, 2.75) is 13.5 Å². The van der Waals surface area contributed by atoms with Crippen LogP contribution in [0.2, 0.25) is 0 Å². The SMILES string of the molecule is CCN(Cc1ccccn1)C(=O)c1cc(F)c(N)c(F)c1. The first-order chi connectivity index (χ1) is 10.0. The summed E-state index contributed by atoms with van der Waals surface area (Å²) in [6.45, 7) is 2.44. The Morgan fingerprint density at radius 2 is 1.95 bits per heavy atom. The van der Waals surface area contributed by atoms with Crippen LogP contribution in [0.4, 0.5) is 14.5 Å². The van der Waals surface area contributed by atoms with Crippen molar-refractivity contribution < 1.29 is 13.6 Å². The van der Waals surface area contributed by atoms with E-state index in [9.17, 15) is 13.6 Å². The zero-order valence-corrected chi connectivity index (χ0v) is 11.5. The number of benzene rings is 1. The number of hydrogen-bond acceptors (Lipinski definition) is 3. The lowest BCUT2D eigenvalue weighted by molar-refractivity contribution is 0.0749. The lowest BCUT2D eigenvalue weighted by Gasteiger charge is -2.20. The molecule has 2 N–H and O–H groups in total. The first-order valence-electron chi connectivity index (χ1n) is 6.46. The summed E-state index contributed by atoms with van der Waals surface area (Å²) in [5.74, 6) is -2.35. The van der Waals surface area contributed by atoms with E-state index in [0.29, 0.717) is 12.2 Å². The van der Waals surface area contributed by atoms with Gasteiger partial charge in [-0.25, -0.2) is 8.78 Å². The Balaban J connectivity index is 2.24. The van der Waals surface area contributed by atoms with Crippen LogP contribution in [0.3, 0.4) is 0 Å². The van der Waals surface area contributed by atoms with Crippen LogP contribution in [0.25, 0.3) is 0 Å². The van der Waals surface area contributed by atoms with Crippen molar-refractivity contribution in [3.05, 3.63) is 59.4 Å². The number of halogens is 2. The maximum absolute atomic E-state index is 13.4. The van der Waals surface area contributed by atoms with Crippen LogP contribution in [0.1, 0.15) is 23.0 Å². The summed E-state index contributed by atoms with van der Waals surface area (Å²) in [6.07, 6.45) is 1.62. The molecule has 0 bridgehead atoms. The molecule has 0 radical (unpaired) electrons. The van der Waals surface area contributed by atoms with Crippen LogP contribution in [0, 0.1) is 11.6 Å². The highest BCUT2D eigenvalue weighted by atomic mass is 19.1. The maximum atomic E-state index is 13.4. The zero-order chi connectivity index (χ0) is 15.4. The number of carbonyl (C=O) groups is 1. The van der Waals surface area contributed by atoms with Gasteiger partial charge < -0.3 is 10.6 Å². The fourth-order valence-corrected chi connectivity index (χ4v) is 1.90. The molecule has 1 heterocycles. The summed E-state index contributed by atoms with van der Waals surface area (Å²) < 4.78 is 26.9. The Morgan fingerprint density at radius 1 is 1.29 bits per heavy atom. The Labute approximate surface area is 121 Å². The molecule has 0 aliphatic carbocycles. The van der Waals surface area contributed by atoms with E-state index in [0.717, 1.165) is 12.1 Å². The predicted octanol–water partition coefficient (Wildman–Crippen LogP) is 2.60. The maximum Gasteiger partial charge on any atom is 0.254 e. The number of carbonyl (C=O) groups excluding carboxylic acids is 1. The van der Waals surface area contributed by atoms with Crippen molar-refractivity contribution in [1.82, 2.24) is 9.88 Å². The molecule has 4 nitrogen and oxygen atoms in total. The second-order valence-electron chi connectivity index (χ2n) is 4.49. The average molecular weight is 291 g/mol. The Morgan fingerprint density at radius 3 is 2.48 bits per heavy atom. The van der Waals surface area contributed by atoms with Gasteiger partial charge in [0.2, 0.25) is 0 Å². The first-order valence-corrected chi connectivity index (χ1v) is 6.46. The van der Waals surface area contributed by atoms with Gasteiger partial charge >= 0.3 is 0 Å². The average Bonchev–Trinajstić information content (AvgIpc) is 2.50. The van der Waals surface area contributed by atoms with Crippen LogP contribution in [0.5, 0.6) is 0 Å². The molecule has 0 atom stereocenters. The highest BCUT2D eigenvalue weighted by molar-refractivity contribution is 5.94. The monoisotopic (exact) mass is 291 g/mol. The number of aromatic nitrogens is 1. The molecule has 0 aliphatic heterocycles. The fraction of sp³-hybridized carbons (Fsp3) is 0.200. The van der Waals surface area contributed by atoms with Crippen molar-refractivity contribution in [3.63, 3.8) is 0 Å². The molecule has 0 fully saturated rings. The molecule has 110 valence electrons. The van der Waals surface area contributed by atoms with Gasteiger partial charge in [-0.15, -0.1) is 0 Å². The number of nitrogens with two attached hydrogens (primary N) is 1. The van der Waals surface area contributed by atoms with Crippen molar-refractivity contribution in [2.24, 2.45) is 0 Å². The van der Waals surface area contributed by atoms with Gasteiger partial charge in [0.15, 0.2) is 0 Å². The van der Waals surface area contributed by atoms with E-state index in [2.05, 4.69) is 4.98 Å². The van der Waals surface area contributed by atoms with E-state index in [1.807, 2.05) is 6.07 Å². The van der Waals surface area contributed by atoms with Gasteiger partial charge in [0.25, 0.3) is 5.91 Å². The van der Waals surface area contributed by atoms with E-state index in [1.54, 1.807) is 25.3 Å². The molecule has 0 saturated carbocycles. The molecule has 21 heavy (non-hydrogen) atoms. The molecule has 2 aromatic rings. The van der Waals surface area contributed by atoms with Gasteiger partial charge in [0.1, 0.15) is 17.3 Å². The first kappa shape index (κ1) is 14.9. The van der Waals surface area contributed by atoms with Crippen LogP contribution in [-0.2, 0) is 6.54 Å². The number of nitrogen functional groups attached to an aromatic ring is 1. The highest BCUT2D eigenvalue weighted by Gasteiger charge is 2.18.